The zero-order chi connectivity index (χ0) is 15.1. The highest BCUT2D eigenvalue weighted by Gasteiger charge is 2.08. The molecule has 0 atom stereocenters. The highest BCUT2D eigenvalue weighted by molar-refractivity contribution is 7.99. The summed E-state index contributed by atoms with van der Waals surface area (Å²) in [6.45, 7) is 0. The van der Waals surface area contributed by atoms with E-state index in [9.17, 15) is 9.59 Å². The van der Waals surface area contributed by atoms with E-state index < -0.39 is 0 Å². The van der Waals surface area contributed by atoms with E-state index in [1.165, 1.54) is 11.8 Å². The number of hydrogen-bond donors (Lipinski definition) is 3. The molecule has 0 saturated heterocycles. The van der Waals surface area contributed by atoms with Crippen molar-refractivity contribution in [3.05, 3.63) is 58.9 Å². The molecule has 1 aromatic carbocycles. The van der Waals surface area contributed by atoms with Gasteiger partial charge in [0.25, 0.3) is 5.91 Å². The van der Waals surface area contributed by atoms with Crippen LogP contribution in [0.5, 0.6) is 0 Å². The zero-order valence-corrected chi connectivity index (χ0v) is 12.6. The molecule has 0 aliphatic carbocycles. The average Bonchev–Trinajstić information content (AvgIpc) is 3.01. The Kier molecular flexibility index (Phi) is 5.71. The molecule has 0 unspecified atom stereocenters. The summed E-state index contributed by atoms with van der Waals surface area (Å²) in [5.41, 5.74) is 6.06. The smallest absolute Gasteiger partial charge is 0.286 e. The number of rotatable bonds is 5. The Morgan fingerprint density at radius 3 is 2.67 bits per heavy atom. The van der Waals surface area contributed by atoms with Gasteiger partial charge in [-0.25, -0.2) is 0 Å². The summed E-state index contributed by atoms with van der Waals surface area (Å²) < 4.78 is 0. The maximum Gasteiger partial charge on any atom is 0.286 e. The molecular weight excluding hydrogens is 310 g/mol. The fraction of sp³-hybridized carbons (Fsp3) is 0.143. The highest BCUT2D eigenvalue weighted by atomic mass is 35.5. The molecule has 2 rings (SSSR count). The Morgan fingerprint density at radius 2 is 1.95 bits per heavy atom. The van der Waals surface area contributed by atoms with Gasteiger partial charge in [0.15, 0.2) is 0 Å². The van der Waals surface area contributed by atoms with Crippen LogP contribution in [0.15, 0.2) is 42.6 Å². The van der Waals surface area contributed by atoms with Crippen LogP contribution in [0, 0.1) is 0 Å². The fourth-order valence-electron chi connectivity index (χ4n) is 1.57. The summed E-state index contributed by atoms with van der Waals surface area (Å²) in [6.07, 6.45) is 1.64. The fourth-order valence-corrected chi connectivity index (χ4v) is 2.68. The summed E-state index contributed by atoms with van der Waals surface area (Å²) in [6, 6.07) is 10.8. The molecule has 0 bridgehead atoms. The molecule has 3 N–H and O–H groups in total. The van der Waals surface area contributed by atoms with E-state index in [4.69, 9.17) is 11.6 Å². The lowest BCUT2D eigenvalue weighted by Crippen LogP contribution is -2.42. The molecule has 0 aliphatic rings. The number of nitrogens with one attached hydrogen (secondary N) is 3. The molecule has 5 nitrogen and oxygen atoms in total. The van der Waals surface area contributed by atoms with Gasteiger partial charge in [-0.05, 0) is 23.8 Å². The number of aromatic amines is 1. The van der Waals surface area contributed by atoms with Crippen molar-refractivity contribution in [1.29, 1.82) is 0 Å². The van der Waals surface area contributed by atoms with Crippen molar-refractivity contribution < 1.29 is 9.59 Å². The van der Waals surface area contributed by atoms with Gasteiger partial charge in [0.1, 0.15) is 5.69 Å². The van der Waals surface area contributed by atoms with Crippen molar-refractivity contribution in [2.24, 2.45) is 0 Å². The van der Waals surface area contributed by atoms with Crippen molar-refractivity contribution in [2.75, 3.05) is 5.75 Å². The van der Waals surface area contributed by atoms with Gasteiger partial charge in [-0.15, -0.1) is 11.8 Å². The molecular formula is C14H14ClN3O2S. The average molecular weight is 324 g/mol. The van der Waals surface area contributed by atoms with Gasteiger partial charge in [-0.1, -0.05) is 29.8 Å². The van der Waals surface area contributed by atoms with Crippen LogP contribution in [-0.4, -0.2) is 22.6 Å². The predicted molar refractivity (Wildman–Crippen MR) is 84.0 cm³/mol. The van der Waals surface area contributed by atoms with Gasteiger partial charge < -0.3 is 4.98 Å². The van der Waals surface area contributed by atoms with Crippen LogP contribution in [0.2, 0.25) is 5.02 Å². The number of carbonyl (C=O) groups excluding carboxylic acids is 2. The van der Waals surface area contributed by atoms with E-state index in [0.29, 0.717) is 16.5 Å². The van der Waals surface area contributed by atoms with Crippen LogP contribution in [0.1, 0.15) is 16.1 Å². The molecule has 1 heterocycles. The van der Waals surface area contributed by atoms with Crippen molar-refractivity contribution in [3.8, 4) is 0 Å². The number of hydrazine groups is 1. The van der Waals surface area contributed by atoms with E-state index in [2.05, 4.69) is 15.8 Å². The van der Waals surface area contributed by atoms with Crippen LogP contribution in [0.3, 0.4) is 0 Å². The second-order valence-electron chi connectivity index (χ2n) is 4.17. The second-order valence-corrected chi connectivity index (χ2v) is 5.56. The number of halogens is 1. The van der Waals surface area contributed by atoms with Gasteiger partial charge in [0.2, 0.25) is 5.91 Å². The minimum Gasteiger partial charge on any atom is -0.357 e. The number of hydrogen-bond acceptors (Lipinski definition) is 3. The van der Waals surface area contributed by atoms with Gasteiger partial charge in [0.05, 0.1) is 5.75 Å². The molecule has 110 valence electrons. The lowest BCUT2D eigenvalue weighted by Gasteiger charge is -2.07. The van der Waals surface area contributed by atoms with E-state index in [-0.39, 0.29) is 17.6 Å². The van der Waals surface area contributed by atoms with E-state index >= 15 is 0 Å². The van der Waals surface area contributed by atoms with Crippen LogP contribution in [0.4, 0.5) is 0 Å². The lowest BCUT2D eigenvalue weighted by atomic mass is 10.2. The Hall–Kier alpha value is -1.92. The topological polar surface area (TPSA) is 74.0 Å². The molecule has 0 radical (unpaired) electrons. The van der Waals surface area contributed by atoms with Crippen LogP contribution >= 0.6 is 23.4 Å². The van der Waals surface area contributed by atoms with Crippen LogP contribution < -0.4 is 10.9 Å². The quantitative estimate of drug-likeness (QED) is 0.739. The normalized spacial score (nSPS) is 10.1. The first kappa shape index (κ1) is 15.5. The van der Waals surface area contributed by atoms with Crippen LogP contribution in [0.25, 0.3) is 0 Å². The third-order valence-corrected chi connectivity index (χ3v) is 3.96. The number of H-pyrrole nitrogens is 1. The molecule has 21 heavy (non-hydrogen) atoms. The number of aromatic nitrogens is 1. The largest absolute Gasteiger partial charge is 0.357 e. The minimum absolute atomic E-state index is 0.232. The summed E-state index contributed by atoms with van der Waals surface area (Å²) in [5.74, 6) is 0.213. The van der Waals surface area contributed by atoms with Crippen molar-refractivity contribution >= 4 is 35.2 Å². The second kappa shape index (κ2) is 7.75. The molecule has 0 fully saturated rings. The van der Waals surface area contributed by atoms with E-state index in [0.717, 1.165) is 5.56 Å². The summed E-state index contributed by atoms with van der Waals surface area (Å²) in [5, 5.41) is 0.686. The number of amides is 2. The molecule has 0 spiro atoms. The third kappa shape index (κ3) is 4.84. The standard InChI is InChI=1S/C14H14ClN3O2S/c15-11-5-2-1-4-10(11)8-21-9-13(19)17-18-14(20)12-6-3-7-16-12/h1-7,16H,8-9H2,(H,17,19)(H,18,20). The Labute approximate surface area is 131 Å². The summed E-state index contributed by atoms with van der Waals surface area (Å²) >= 11 is 7.45. The van der Waals surface area contributed by atoms with Gasteiger partial charge in [0, 0.05) is 17.0 Å². The van der Waals surface area contributed by atoms with Gasteiger partial charge >= 0.3 is 0 Å². The number of thioether (sulfide) groups is 1. The SMILES string of the molecule is O=C(CSCc1ccccc1Cl)NNC(=O)c1ccc[nH]1. The van der Waals surface area contributed by atoms with E-state index in [1.54, 1.807) is 18.3 Å². The summed E-state index contributed by atoms with van der Waals surface area (Å²) in [7, 11) is 0. The Balaban J connectivity index is 1.68. The third-order valence-electron chi connectivity index (χ3n) is 2.61. The summed E-state index contributed by atoms with van der Waals surface area (Å²) in [4.78, 5) is 25.9. The minimum atomic E-state index is -0.385. The zero-order valence-electron chi connectivity index (χ0n) is 11.1. The predicted octanol–water partition coefficient (Wildman–Crippen LogP) is 2.36. The molecule has 2 amide bonds. The van der Waals surface area contributed by atoms with Gasteiger partial charge in [-0.3, -0.25) is 20.4 Å². The monoisotopic (exact) mass is 323 g/mol. The van der Waals surface area contributed by atoms with Crippen molar-refractivity contribution in [1.82, 2.24) is 15.8 Å². The Morgan fingerprint density at radius 1 is 1.14 bits per heavy atom. The Bertz CT molecular complexity index is 616. The molecule has 0 aliphatic heterocycles. The molecule has 1 aromatic heterocycles. The first-order valence-corrected chi connectivity index (χ1v) is 7.74. The molecule has 2 aromatic rings. The number of benzene rings is 1. The van der Waals surface area contributed by atoms with Crippen LogP contribution in [-0.2, 0) is 10.5 Å². The van der Waals surface area contributed by atoms with Crippen molar-refractivity contribution in [2.45, 2.75) is 5.75 Å². The lowest BCUT2D eigenvalue weighted by molar-refractivity contribution is -0.119. The van der Waals surface area contributed by atoms with Crippen molar-refractivity contribution in [3.63, 3.8) is 0 Å². The molecule has 7 heteroatoms. The maximum atomic E-state index is 11.6. The first-order valence-electron chi connectivity index (χ1n) is 6.20. The highest BCUT2D eigenvalue weighted by Crippen LogP contribution is 2.20. The number of carbonyl (C=O) groups is 2. The van der Waals surface area contributed by atoms with Gasteiger partial charge in [-0.2, -0.15) is 0 Å². The maximum absolute atomic E-state index is 11.6. The first-order chi connectivity index (χ1) is 10.2. The molecule has 0 saturated carbocycles. The van der Waals surface area contributed by atoms with E-state index in [1.807, 2.05) is 24.3 Å².